The van der Waals surface area contributed by atoms with Crippen LogP contribution in [-0.4, -0.2) is 54.0 Å². The van der Waals surface area contributed by atoms with E-state index in [1.54, 1.807) is 0 Å². The molecule has 0 aromatic carbocycles. The molecule has 1 amide bonds. The summed E-state index contributed by atoms with van der Waals surface area (Å²) in [6, 6.07) is 0.728. The molecule has 2 rings (SSSR count). The van der Waals surface area contributed by atoms with Gasteiger partial charge >= 0.3 is 0 Å². The van der Waals surface area contributed by atoms with Crippen LogP contribution in [0.4, 0.5) is 0 Å². The predicted molar refractivity (Wildman–Crippen MR) is 59.4 cm³/mol. The van der Waals surface area contributed by atoms with Gasteiger partial charge in [-0.05, 0) is 20.3 Å². The van der Waals surface area contributed by atoms with Gasteiger partial charge in [-0.25, -0.2) is 0 Å². The Morgan fingerprint density at radius 1 is 1.27 bits per heavy atom. The van der Waals surface area contributed by atoms with Crippen molar-refractivity contribution in [2.24, 2.45) is 11.7 Å². The maximum atomic E-state index is 11.9. The fourth-order valence-corrected chi connectivity index (χ4v) is 2.19. The molecule has 2 N–H and O–H groups in total. The number of hydrogen-bond donors (Lipinski definition) is 1. The van der Waals surface area contributed by atoms with Gasteiger partial charge in [0.15, 0.2) is 0 Å². The average Bonchev–Trinajstić information content (AvgIpc) is 2.94. The standard InChI is InChI=1S/C11H21N3O/c1-8(2)13-3-5-14(6-4-13)11(15)9-7-10(9)12/h8-10H,3-7,12H2,1-2H3. The third-order valence-electron chi connectivity index (χ3n) is 3.51. The van der Waals surface area contributed by atoms with E-state index in [4.69, 9.17) is 5.73 Å². The second-order valence-electron chi connectivity index (χ2n) is 4.96. The van der Waals surface area contributed by atoms with Crippen molar-refractivity contribution >= 4 is 5.91 Å². The molecule has 0 bridgehead atoms. The van der Waals surface area contributed by atoms with Gasteiger partial charge in [0.05, 0.1) is 5.92 Å². The molecule has 15 heavy (non-hydrogen) atoms. The van der Waals surface area contributed by atoms with Crippen LogP contribution in [0.15, 0.2) is 0 Å². The van der Waals surface area contributed by atoms with Crippen LogP contribution in [0.3, 0.4) is 0 Å². The van der Waals surface area contributed by atoms with E-state index >= 15 is 0 Å². The number of nitrogens with zero attached hydrogens (tertiary/aromatic N) is 2. The quantitative estimate of drug-likeness (QED) is 0.693. The van der Waals surface area contributed by atoms with E-state index in [-0.39, 0.29) is 17.9 Å². The van der Waals surface area contributed by atoms with E-state index in [9.17, 15) is 4.79 Å². The summed E-state index contributed by atoms with van der Waals surface area (Å²) >= 11 is 0. The summed E-state index contributed by atoms with van der Waals surface area (Å²) in [5, 5.41) is 0. The maximum absolute atomic E-state index is 11.9. The summed E-state index contributed by atoms with van der Waals surface area (Å²) in [7, 11) is 0. The first-order valence-corrected chi connectivity index (χ1v) is 5.88. The number of hydrogen-bond acceptors (Lipinski definition) is 3. The minimum Gasteiger partial charge on any atom is -0.340 e. The number of nitrogens with two attached hydrogens (primary N) is 1. The Balaban J connectivity index is 1.80. The Morgan fingerprint density at radius 3 is 2.20 bits per heavy atom. The first-order valence-electron chi connectivity index (χ1n) is 5.88. The molecule has 4 nitrogen and oxygen atoms in total. The van der Waals surface area contributed by atoms with Gasteiger partial charge in [0.2, 0.25) is 5.91 Å². The van der Waals surface area contributed by atoms with Gasteiger partial charge in [-0.2, -0.15) is 0 Å². The molecule has 1 aliphatic carbocycles. The van der Waals surface area contributed by atoms with Crippen LogP contribution in [0.25, 0.3) is 0 Å². The lowest BCUT2D eigenvalue weighted by molar-refractivity contribution is -0.134. The second-order valence-corrected chi connectivity index (χ2v) is 4.96. The van der Waals surface area contributed by atoms with Gasteiger partial charge in [0.25, 0.3) is 0 Å². The van der Waals surface area contributed by atoms with Gasteiger partial charge in [0.1, 0.15) is 0 Å². The predicted octanol–water partition coefficient (Wildman–Crippen LogP) is -0.114. The minimum absolute atomic E-state index is 0.135. The second kappa shape index (κ2) is 4.10. The van der Waals surface area contributed by atoms with Crippen molar-refractivity contribution in [1.82, 2.24) is 9.80 Å². The number of rotatable bonds is 2. The van der Waals surface area contributed by atoms with Crippen LogP contribution < -0.4 is 5.73 Å². The molecule has 0 aromatic heterocycles. The monoisotopic (exact) mass is 211 g/mol. The van der Waals surface area contributed by atoms with Gasteiger partial charge in [0, 0.05) is 38.3 Å². The Labute approximate surface area is 91.4 Å². The Hall–Kier alpha value is -0.610. The third-order valence-corrected chi connectivity index (χ3v) is 3.51. The highest BCUT2D eigenvalue weighted by Gasteiger charge is 2.42. The third kappa shape index (κ3) is 2.32. The molecule has 2 aliphatic rings. The average molecular weight is 211 g/mol. The zero-order valence-corrected chi connectivity index (χ0v) is 9.65. The molecular formula is C11H21N3O. The van der Waals surface area contributed by atoms with E-state index in [1.165, 1.54) is 0 Å². The van der Waals surface area contributed by atoms with Crippen molar-refractivity contribution in [3.05, 3.63) is 0 Å². The maximum Gasteiger partial charge on any atom is 0.227 e. The molecule has 86 valence electrons. The van der Waals surface area contributed by atoms with Crippen LogP contribution in [0.5, 0.6) is 0 Å². The Morgan fingerprint density at radius 2 is 1.80 bits per heavy atom. The molecule has 4 heteroatoms. The van der Waals surface area contributed by atoms with Gasteiger partial charge in [-0.3, -0.25) is 9.69 Å². The molecule has 1 aliphatic heterocycles. The van der Waals surface area contributed by atoms with Crippen molar-refractivity contribution in [1.29, 1.82) is 0 Å². The molecule has 0 radical (unpaired) electrons. The van der Waals surface area contributed by atoms with Gasteiger partial charge < -0.3 is 10.6 Å². The van der Waals surface area contributed by atoms with Gasteiger partial charge in [-0.1, -0.05) is 0 Å². The SMILES string of the molecule is CC(C)N1CCN(C(=O)C2CC2N)CC1. The highest BCUT2D eigenvalue weighted by atomic mass is 16.2. The largest absolute Gasteiger partial charge is 0.340 e. The highest BCUT2D eigenvalue weighted by Crippen LogP contribution is 2.30. The van der Waals surface area contributed by atoms with E-state index in [1.807, 2.05) is 4.90 Å². The fraction of sp³-hybridized carbons (Fsp3) is 0.909. The Bertz CT molecular complexity index is 246. The molecule has 1 saturated carbocycles. The summed E-state index contributed by atoms with van der Waals surface area (Å²) < 4.78 is 0. The lowest BCUT2D eigenvalue weighted by atomic mass is 10.2. The first-order chi connectivity index (χ1) is 7.09. The van der Waals surface area contributed by atoms with E-state index in [0.29, 0.717) is 6.04 Å². The highest BCUT2D eigenvalue weighted by molar-refractivity contribution is 5.82. The van der Waals surface area contributed by atoms with Crippen LogP contribution in [0, 0.1) is 5.92 Å². The van der Waals surface area contributed by atoms with Crippen LogP contribution in [0.2, 0.25) is 0 Å². The smallest absolute Gasteiger partial charge is 0.227 e. The Kier molecular flexibility index (Phi) is 2.98. The normalized spacial score (nSPS) is 32.1. The number of carbonyl (C=O) groups is 1. The van der Waals surface area contributed by atoms with Crippen molar-refractivity contribution in [3.63, 3.8) is 0 Å². The lowest BCUT2D eigenvalue weighted by Crippen LogP contribution is -2.51. The topological polar surface area (TPSA) is 49.6 Å². The van der Waals surface area contributed by atoms with Crippen LogP contribution in [0.1, 0.15) is 20.3 Å². The number of amides is 1. The zero-order valence-electron chi connectivity index (χ0n) is 9.65. The number of carbonyl (C=O) groups excluding carboxylic acids is 1. The summed E-state index contributed by atoms with van der Waals surface area (Å²) in [6.45, 7) is 8.17. The molecule has 0 spiro atoms. The van der Waals surface area contributed by atoms with Crippen LogP contribution in [-0.2, 0) is 4.79 Å². The van der Waals surface area contributed by atoms with Gasteiger partial charge in [-0.15, -0.1) is 0 Å². The molecule has 2 atom stereocenters. The molecule has 0 aromatic rings. The fourth-order valence-electron chi connectivity index (χ4n) is 2.19. The zero-order chi connectivity index (χ0) is 11.0. The lowest BCUT2D eigenvalue weighted by Gasteiger charge is -2.37. The first kappa shape index (κ1) is 10.9. The summed E-state index contributed by atoms with van der Waals surface area (Å²) in [5.41, 5.74) is 5.69. The van der Waals surface area contributed by atoms with E-state index in [2.05, 4.69) is 18.7 Å². The van der Waals surface area contributed by atoms with Crippen molar-refractivity contribution in [3.8, 4) is 0 Å². The van der Waals surface area contributed by atoms with Crippen molar-refractivity contribution < 1.29 is 4.79 Å². The summed E-state index contributed by atoms with van der Waals surface area (Å²) in [6.07, 6.45) is 0.892. The summed E-state index contributed by atoms with van der Waals surface area (Å²) in [4.78, 5) is 16.3. The minimum atomic E-state index is 0.135. The van der Waals surface area contributed by atoms with Crippen molar-refractivity contribution in [2.45, 2.75) is 32.4 Å². The van der Waals surface area contributed by atoms with Crippen LogP contribution >= 0.6 is 0 Å². The molecule has 2 fully saturated rings. The van der Waals surface area contributed by atoms with Crippen molar-refractivity contribution in [2.75, 3.05) is 26.2 Å². The van der Waals surface area contributed by atoms with E-state index < -0.39 is 0 Å². The van der Waals surface area contributed by atoms with E-state index in [0.717, 1.165) is 32.6 Å². The number of piperazine rings is 1. The molecule has 1 heterocycles. The molecule has 1 saturated heterocycles. The molecule has 2 unspecified atom stereocenters. The molecular weight excluding hydrogens is 190 g/mol. The summed E-state index contributed by atoms with van der Waals surface area (Å²) in [5.74, 6) is 0.418.